The van der Waals surface area contributed by atoms with Gasteiger partial charge in [-0.25, -0.2) is 0 Å². The van der Waals surface area contributed by atoms with E-state index in [1.165, 1.54) is 0 Å². The molecule has 3 heteroatoms. The van der Waals surface area contributed by atoms with Gasteiger partial charge >= 0.3 is 0 Å². The quantitative estimate of drug-likeness (QED) is 0.768. The molecule has 0 fully saturated rings. The van der Waals surface area contributed by atoms with Gasteiger partial charge in [-0.2, -0.15) is 0 Å². The van der Waals surface area contributed by atoms with E-state index in [1.807, 2.05) is 12.1 Å². The van der Waals surface area contributed by atoms with Crippen molar-refractivity contribution in [1.29, 1.82) is 0 Å². The summed E-state index contributed by atoms with van der Waals surface area (Å²) in [5, 5.41) is 13.0. The zero-order chi connectivity index (χ0) is 12.9. The molecule has 1 aromatic carbocycles. The van der Waals surface area contributed by atoms with Gasteiger partial charge in [0, 0.05) is 17.5 Å². The van der Waals surface area contributed by atoms with Gasteiger partial charge in [-0.15, -0.1) is 0 Å². The molecule has 94 valence electrons. The molecule has 3 nitrogen and oxygen atoms in total. The van der Waals surface area contributed by atoms with Gasteiger partial charge in [0.2, 0.25) is 0 Å². The van der Waals surface area contributed by atoms with E-state index < -0.39 is 0 Å². The topological polar surface area (TPSA) is 49.3 Å². The maximum atomic E-state index is 10.5. The summed E-state index contributed by atoms with van der Waals surface area (Å²) < 4.78 is 0. The minimum atomic E-state index is 0.114. The van der Waals surface area contributed by atoms with Crippen molar-refractivity contribution in [3.05, 3.63) is 29.3 Å². The predicted octanol–water partition coefficient (Wildman–Crippen LogP) is 2.06. The first-order valence-corrected chi connectivity index (χ1v) is 5.92. The predicted molar refractivity (Wildman–Crippen MR) is 69.3 cm³/mol. The van der Waals surface area contributed by atoms with Crippen LogP contribution in [0.1, 0.15) is 31.9 Å². The van der Waals surface area contributed by atoms with E-state index in [4.69, 9.17) is 0 Å². The zero-order valence-electron chi connectivity index (χ0n) is 10.8. The van der Waals surface area contributed by atoms with Crippen LogP contribution < -0.4 is 5.32 Å². The summed E-state index contributed by atoms with van der Waals surface area (Å²) in [5.41, 5.74) is 1.95. The van der Waals surface area contributed by atoms with Gasteiger partial charge in [-0.05, 0) is 45.4 Å². The Balaban J connectivity index is 2.60. The Labute approximate surface area is 103 Å². The molecule has 0 aliphatic heterocycles. The molecular weight excluding hydrogens is 214 g/mol. The molecule has 0 saturated heterocycles. The van der Waals surface area contributed by atoms with E-state index >= 15 is 0 Å². The van der Waals surface area contributed by atoms with Crippen molar-refractivity contribution < 1.29 is 9.90 Å². The van der Waals surface area contributed by atoms with Gasteiger partial charge in [0.05, 0.1) is 0 Å². The second kappa shape index (κ2) is 5.82. The number of nitrogens with one attached hydrogen (secondary N) is 1. The Morgan fingerprint density at radius 3 is 2.65 bits per heavy atom. The fourth-order valence-corrected chi connectivity index (χ4v) is 1.63. The molecule has 0 aliphatic rings. The van der Waals surface area contributed by atoms with Crippen LogP contribution in [0.3, 0.4) is 0 Å². The lowest BCUT2D eigenvalue weighted by atomic mass is 10.0. The second-order valence-electron chi connectivity index (χ2n) is 5.26. The van der Waals surface area contributed by atoms with Crippen LogP contribution in [0.2, 0.25) is 0 Å². The van der Waals surface area contributed by atoms with E-state index in [1.54, 1.807) is 6.07 Å². The number of hydrogen-bond donors (Lipinski definition) is 2. The number of aldehydes is 1. The lowest BCUT2D eigenvalue weighted by Gasteiger charge is -2.20. The molecule has 0 amide bonds. The van der Waals surface area contributed by atoms with Gasteiger partial charge in [-0.3, -0.25) is 0 Å². The minimum Gasteiger partial charge on any atom is -0.508 e. The fraction of sp³-hybridized carbons (Fsp3) is 0.500. The summed E-state index contributed by atoms with van der Waals surface area (Å²) in [6.45, 7) is 7.26. The summed E-state index contributed by atoms with van der Waals surface area (Å²) in [6.07, 6.45) is 1.97. The van der Waals surface area contributed by atoms with Crippen LogP contribution in [0.4, 0.5) is 0 Å². The molecule has 0 aromatic heterocycles. The summed E-state index contributed by atoms with van der Waals surface area (Å²) >= 11 is 0. The molecular formula is C14H21NO2. The van der Waals surface area contributed by atoms with Crippen LogP contribution in [0, 0.1) is 0 Å². The Kier molecular flexibility index (Phi) is 4.70. The number of rotatable bonds is 5. The summed E-state index contributed by atoms with van der Waals surface area (Å²) in [4.78, 5) is 10.5. The van der Waals surface area contributed by atoms with Gasteiger partial charge in [0.1, 0.15) is 12.0 Å². The molecule has 0 heterocycles. The Bertz CT molecular complexity index is 380. The monoisotopic (exact) mass is 235 g/mol. The van der Waals surface area contributed by atoms with Crippen molar-refractivity contribution in [2.75, 3.05) is 6.54 Å². The van der Waals surface area contributed by atoms with Crippen LogP contribution in [-0.2, 0) is 17.6 Å². The average Bonchev–Trinajstić information content (AvgIpc) is 2.21. The number of carbonyl (C=O) groups is 1. The first-order valence-electron chi connectivity index (χ1n) is 5.92. The normalized spacial score (nSPS) is 11.5. The highest BCUT2D eigenvalue weighted by molar-refractivity contribution is 5.57. The number of phenolic OH excluding ortho intramolecular Hbond substituents is 1. The van der Waals surface area contributed by atoms with Crippen molar-refractivity contribution in [1.82, 2.24) is 5.32 Å². The molecule has 0 saturated carbocycles. The fourth-order valence-electron chi connectivity index (χ4n) is 1.63. The summed E-state index contributed by atoms with van der Waals surface area (Å²) in [6, 6.07) is 5.45. The smallest absolute Gasteiger partial charge is 0.124 e. The number of benzene rings is 1. The number of carbonyl (C=O) groups excluding carboxylic acids is 1. The van der Waals surface area contributed by atoms with E-state index in [0.29, 0.717) is 5.56 Å². The molecule has 2 N–H and O–H groups in total. The maximum Gasteiger partial charge on any atom is 0.124 e. The number of aromatic hydroxyl groups is 1. The van der Waals surface area contributed by atoms with E-state index in [2.05, 4.69) is 26.1 Å². The Morgan fingerprint density at radius 2 is 2.06 bits per heavy atom. The molecule has 0 spiro atoms. The zero-order valence-corrected chi connectivity index (χ0v) is 10.8. The maximum absolute atomic E-state index is 10.5. The van der Waals surface area contributed by atoms with Crippen molar-refractivity contribution >= 4 is 6.29 Å². The van der Waals surface area contributed by atoms with Gasteiger partial charge in [0.15, 0.2) is 0 Å². The van der Waals surface area contributed by atoms with E-state index in [-0.39, 0.29) is 17.7 Å². The number of phenols is 1. The summed E-state index contributed by atoms with van der Waals surface area (Å²) in [5.74, 6) is 0.199. The molecule has 1 rings (SSSR count). The standard InChI is InChI=1S/C14H21NO2/c1-14(2,3)15-8-6-11-4-5-13(17)12(10-11)7-9-16/h4-5,9-10,15,17H,6-8H2,1-3H3. The molecule has 0 atom stereocenters. The lowest BCUT2D eigenvalue weighted by molar-refractivity contribution is -0.107. The van der Waals surface area contributed by atoms with E-state index in [0.717, 1.165) is 24.8 Å². The first-order chi connectivity index (χ1) is 7.92. The third-order valence-electron chi connectivity index (χ3n) is 2.52. The van der Waals surface area contributed by atoms with Gasteiger partial charge in [-0.1, -0.05) is 12.1 Å². The van der Waals surface area contributed by atoms with Crippen LogP contribution in [0.15, 0.2) is 18.2 Å². The lowest BCUT2D eigenvalue weighted by Crippen LogP contribution is -2.37. The molecule has 1 aromatic rings. The van der Waals surface area contributed by atoms with Crippen LogP contribution in [-0.4, -0.2) is 23.5 Å². The first kappa shape index (κ1) is 13.7. The average molecular weight is 235 g/mol. The molecule has 0 unspecified atom stereocenters. The minimum absolute atomic E-state index is 0.114. The Morgan fingerprint density at radius 1 is 1.35 bits per heavy atom. The largest absolute Gasteiger partial charge is 0.508 e. The molecule has 0 radical (unpaired) electrons. The van der Waals surface area contributed by atoms with E-state index in [9.17, 15) is 9.90 Å². The number of hydrogen-bond acceptors (Lipinski definition) is 3. The molecule has 0 aliphatic carbocycles. The van der Waals surface area contributed by atoms with Crippen molar-refractivity contribution in [2.45, 2.75) is 39.2 Å². The van der Waals surface area contributed by atoms with Crippen molar-refractivity contribution in [3.63, 3.8) is 0 Å². The SMILES string of the molecule is CC(C)(C)NCCc1ccc(O)c(CC=O)c1. The second-order valence-corrected chi connectivity index (χ2v) is 5.26. The Hall–Kier alpha value is -1.35. The molecule has 17 heavy (non-hydrogen) atoms. The highest BCUT2D eigenvalue weighted by atomic mass is 16.3. The third kappa shape index (κ3) is 5.00. The molecule has 0 bridgehead atoms. The van der Waals surface area contributed by atoms with Crippen molar-refractivity contribution in [3.8, 4) is 5.75 Å². The van der Waals surface area contributed by atoms with Crippen LogP contribution >= 0.6 is 0 Å². The van der Waals surface area contributed by atoms with Gasteiger partial charge < -0.3 is 15.2 Å². The highest BCUT2D eigenvalue weighted by Crippen LogP contribution is 2.18. The highest BCUT2D eigenvalue weighted by Gasteiger charge is 2.08. The summed E-state index contributed by atoms with van der Waals surface area (Å²) in [7, 11) is 0. The van der Waals surface area contributed by atoms with Crippen molar-refractivity contribution in [2.24, 2.45) is 0 Å². The van der Waals surface area contributed by atoms with Crippen LogP contribution in [0.25, 0.3) is 0 Å². The third-order valence-corrected chi connectivity index (χ3v) is 2.52. The van der Waals surface area contributed by atoms with Gasteiger partial charge in [0.25, 0.3) is 0 Å². The van der Waals surface area contributed by atoms with Crippen LogP contribution in [0.5, 0.6) is 5.75 Å².